The van der Waals surface area contributed by atoms with Crippen molar-refractivity contribution in [1.82, 2.24) is 4.98 Å². The first kappa shape index (κ1) is 16.7. The minimum absolute atomic E-state index is 0.312. The van der Waals surface area contributed by atoms with E-state index in [4.69, 9.17) is 0 Å². The van der Waals surface area contributed by atoms with E-state index in [1.807, 2.05) is 24.3 Å². The molecule has 0 spiro atoms. The third-order valence-electron chi connectivity index (χ3n) is 3.62. The number of nitrogens with one attached hydrogen (secondary N) is 1. The second kappa shape index (κ2) is 6.76. The normalized spacial score (nSPS) is 12.2. The number of pyridine rings is 1. The van der Waals surface area contributed by atoms with Crippen LogP contribution in [0.15, 0.2) is 78.6 Å². The summed E-state index contributed by atoms with van der Waals surface area (Å²) in [5.41, 5.74) is 4.30. The molecule has 1 aromatic heterocycles. The van der Waals surface area contributed by atoms with Crippen LogP contribution in [-0.4, -0.2) is 10.7 Å². The molecule has 3 nitrogen and oxygen atoms in total. The number of nitrogens with zero attached hydrogens (tertiary/aromatic N) is 2. The van der Waals surface area contributed by atoms with Gasteiger partial charge in [-0.2, -0.15) is 18.3 Å². The lowest BCUT2D eigenvalue weighted by Gasteiger charge is -2.10. The third kappa shape index (κ3) is 3.68. The highest BCUT2D eigenvalue weighted by atomic mass is 19.4. The Labute approximate surface area is 142 Å². The zero-order chi connectivity index (χ0) is 17.9. The van der Waals surface area contributed by atoms with E-state index >= 15 is 0 Å². The van der Waals surface area contributed by atoms with Gasteiger partial charge in [-0.05, 0) is 42.5 Å². The van der Waals surface area contributed by atoms with Crippen molar-refractivity contribution in [3.63, 3.8) is 0 Å². The van der Waals surface area contributed by atoms with E-state index in [2.05, 4.69) is 22.1 Å². The molecule has 1 heterocycles. The summed E-state index contributed by atoms with van der Waals surface area (Å²) in [6, 6.07) is 14.2. The van der Waals surface area contributed by atoms with Crippen molar-refractivity contribution in [1.29, 1.82) is 0 Å². The summed E-state index contributed by atoms with van der Waals surface area (Å²) in [6.07, 6.45) is -1.31. The first-order valence-electron chi connectivity index (χ1n) is 7.46. The smallest absolute Gasteiger partial charge is 0.277 e. The third-order valence-corrected chi connectivity index (χ3v) is 3.62. The van der Waals surface area contributed by atoms with Crippen molar-refractivity contribution in [2.45, 2.75) is 6.18 Å². The maximum Gasteiger partial charge on any atom is 0.416 e. The maximum absolute atomic E-state index is 12.9. The maximum atomic E-state index is 12.9. The number of benzene rings is 2. The predicted molar refractivity (Wildman–Crippen MR) is 93.5 cm³/mol. The lowest BCUT2D eigenvalue weighted by Crippen LogP contribution is -2.08. The van der Waals surface area contributed by atoms with E-state index in [9.17, 15) is 13.2 Å². The molecule has 126 valence electrons. The zero-order valence-electron chi connectivity index (χ0n) is 13.1. The number of halogens is 3. The highest BCUT2D eigenvalue weighted by Gasteiger charge is 2.30. The summed E-state index contributed by atoms with van der Waals surface area (Å²) in [5, 5.41) is 5.07. The van der Waals surface area contributed by atoms with Crippen molar-refractivity contribution in [3.05, 3.63) is 84.6 Å². The van der Waals surface area contributed by atoms with E-state index in [0.717, 1.165) is 23.0 Å². The molecular formula is C19H14F3N3. The van der Waals surface area contributed by atoms with Gasteiger partial charge in [-0.3, -0.25) is 10.4 Å². The van der Waals surface area contributed by atoms with Crippen molar-refractivity contribution in [3.8, 4) is 0 Å². The second-order valence-corrected chi connectivity index (χ2v) is 5.27. The Kier molecular flexibility index (Phi) is 4.52. The molecule has 0 saturated heterocycles. The molecule has 0 aliphatic carbocycles. The van der Waals surface area contributed by atoms with Crippen LogP contribution in [-0.2, 0) is 6.18 Å². The minimum Gasteiger partial charge on any atom is -0.277 e. The molecule has 6 heteroatoms. The number of hydrogen-bond donors (Lipinski definition) is 1. The molecule has 0 amide bonds. The van der Waals surface area contributed by atoms with Gasteiger partial charge >= 0.3 is 6.18 Å². The fourth-order valence-electron chi connectivity index (χ4n) is 2.40. The average molecular weight is 341 g/mol. The van der Waals surface area contributed by atoms with Crippen molar-refractivity contribution in [2.24, 2.45) is 5.10 Å². The monoisotopic (exact) mass is 341 g/mol. The van der Waals surface area contributed by atoms with Crippen LogP contribution in [0.1, 0.15) is 11.1 Å². The van der Waals surface area contributed by atoms with Crippen LogP contribution in [0, 0.1) is 0 Å². The molecule has 0 unspecified atom stereocenters. The van der Waals surface area contributed by atoms with Gasteiger partial charge in [0.1, 0.15) is 0 Å². The van der Waals surface area contributed by atoms with Crippen LogP contribution in [0.4, 0.5) is 18.9 Å². The van der Waals surface area contributed by atoms with Crippen LogP contribution in [0.25, 0.3) is 10.9 Å². The van der Waals surface area contributed by atoms with Crippen molar-refractivity contribution < 1.29 is 13.2 Å². The van der Waals surface area contributed by atoms with E-state index in [0.29, 0.717) is 17.0 Å². The van der Waals surface area contributed by atoms with Gasteiger partial charge in [-0.1, -0.05) is 24.8 Å². The number of hydrogen-bond acceptors (Lipinski definition) is 3. The Bertz CT molecular complexity index is 941. The van der Waals surface area contributed by atoms with Crippen LogP contribution in [0.5, 0.6) is 0 Å². The Morgan fingerprint density at radius 2 is 1.88 bits per heavy atom. The van der Waals surface area contributed by atoms with Gasteiger partial charge < -0.3 is 0 Å². The van der Waals surface area contributed by atoms with Crippen LogP contribution >= 0.6 is 0 Å². The number of aromatic nitrogens is 1. The van der Waals surface area contributed by atoms with E-state index in [1.165, 1.54) is 12.1 Å². The van der Waals surface area contributed by atoms with Gasteiger partial charge in [0.15, 0.2) is 0 Å². The SMILES string of the molecule is C=C/C(=N\Nc1cccc2ncccc12)c1cccc(C(F)(F)F)c1. The lowest BCUT2D eigenvalue weighted by atomic mass is 10.1. The van der Waals surface area contributed by atoms with E-state index in [1.54, 1.807) is 18.3 Å². The fraction of sp³-hybridized carbons (Fsp3) is 0.0526. The number of hydrazone groups is 1. The Hall–Kier alpha value is -3.15. The molecule has 0 radical (unpaired) electrons. The van der Waals surface area contributed by atoms with Gasteiger partial charge in [-0.25, -0.2) is 0 Å². The minimum atomic E-state index is -4.41. The Balaban J connectivity index is 1.95. The summed E-state index contributed by atoms with van der Waals surface area (Å²) < 4.78 is 38.6. The molecule has 3 aromatic rings. The van der Waals surface area contributed by atoms with Crippen molar-refractivity contribution >= 4 is 22.3 Å². The standard InChI is InChI=1S/C19H14F3N3/c1-2-16(13-6-3-7-14(12-13)19(20,21)22)24-25-18-10-4-9-17-15(18)8-5-11-23-17/h2-12,25H,1H2/b24-16+. The summed E-state index contributed by atoms with van der Waals surface area (Å²) >= 11 is 0. The number of fused-ring (bicyclic) bond motifs is 1. The highest BCUT2D eigenvalue weighted by molar-refractivity contribution is 6.09. The first-order valence-corrected chi connectivity index (χ1v) is 7.46. The largest absolute Gasteiger partial charge is 0.416 e. The predicted octanol–water partition coefficient (Wildman–Crippen LogP) is 5.26. The molecule has 0 aliphatic rings. The van der Waals surface area contributed by atoms with Gasteiger partial charge in [0, 0.05) is 17.1 Å². The lowest BCUT2D eigenvalue weighted by molar-refractivity contribution is -0.137. The van der Waals surface area contributed by atoms with Crippen molar-refractivity contribution in [2.75, 3.05) is 5.43 Å². The average Bonchev–Trinajstić information content (AvgIpc) is 2.62. The zero-order valence-corrected chi connectivity index (χ0v) is 13.1. The van der Waals surface area contributed by atoms with E-state index < -0.39 is 11.7 Å². The second-order valence-electron chi connectivity index (χ2n) is 5.27. The quantitative estimate of drug-likeness (QED) is 0.519. The molecule has 2 aromatic carbocycles. The van der Waals surface area contributed by atoms with Gasteiger partial charge in [0.05, 0.1) is 22.5 Å². The van der Waals surface area contributed by atoms with Gasteiger partial charge in [-0.15, -0.1) is 0 Å². The molecule has 3 rings (SSSR count). The van der Waals surface area contributed by atoms with Crippen LogP contribution in [0.2, 0.25) is 0 Å². The summed E-state index contributed by atoms with van der Waals surface area (Å²) in [4.78, 5) is 4.25. The molecular weight excluding hydrogens is 327 g/mol. The van der Waals surface area contributed by atoms with Crippen LogP contribution in [0.3, 0.4) is 0 Å². The Morgan fingerprint density at radius 1 is 1.08 bits per heavy atom. The number of alkyl halides is 3. The van der Waals surface area contributed by atoms with Gasteiger partial charge in [0.2, 0.25) is 0 Å². The Morgan fingerprint density at radius 3 is 2.64 bits per heavy atom. The molecule has 0 fully saturated rings. The number of allylic oxidation sites excluding steroid dienone is 1. The van der Waals surface area contributed by atoms with E-state index in [-0.39, 0.29) is 0 Å². The first-order chi connectivity index (χ1) is 12.0. The topological polar surface area (TPSA) is 37.3 Å². The molecule has 1 N–H and O–H groups in total. The summed E-state index contributed by atoms with van der Waals surface area (Å²) in [7, 11) is 0. The summed E-state index contributed by atoms with van der Waals surface area (Å²) in [6.45, 7) is 3.64. The molecule has 0 aliphatic heterocycles. The molecule has 0 atom stereocenters. The molecule has 0 bridgehead atoms. The fourth-order valence-corrected chi connectivity index (χ4v) is 2.40. The van der Waals surface area contributed by atoms with Gasteiger partial charge in [0.25, 0.3) is 0 Å². The molecule has 25 heavy (non-hydrogen) atoms. The molecule has 0 saturated carbocycles. The number of anilines is 1. The highest BCUT2D eigenvalue weighted by Crippen LogP contribution is 2.29. The van der Waals surface area contributed by atoms with Crippen LogP contribution < -0.4 is 5.43 Å². The number of rotatable bonds is 4. The summed E-state index contributed by atoms with van der Waals surface area (Å²) in [5.74, 6) is 0.